The number of rotatable bonds is 6. The maximum atomic E-state index is 14.7. The number of halogens is 2. The van der Waals surface area contributed by atoms with E-state index in [0.717, 1.165) is 11.3 Å². The number of ether oxygens (including phenoxy) is 1. The van der Waals surface area contributed by atoms with E-state index in [-0.39, 0.29) is 28.5 Å². The molecule has 3 aromatic carbocycles. The van der Waals surface area contributed by atoms with Crippen molar-refractivity contribution in [2.24, 2.45) is 0 Å². The Balaban J connectivity index is 1.48. The van der Waals surface area contributed by atoms with Crippen LogP contribution in [-0.2, 0) is 6.61 Å². The number of benzene rings is 3. The number of ketones is 1. The molecule has 2 heterocycles. The van der Waals surface area contributed by atoms with Gasteiger partial charge in [0, 0.05) is 11.8 Å². The van der Waals surface area contributed by atoms with E-state index >= 15 is 0 Å². The molecular weight excluding hydrogens is 455 g/mol. The summed E-state index contributed by atoms with van der Waals surface area (Å²) < 4.78 is 22.2. The van der Waals surface area contributed by atoms with Gasteiger partial charge >= 0.3 is 0 Å². The van der Waals surface area contributed by atoms with Crippen molar-refractivity contribution in [2.45, 2.75) is 13.5 Å². The summed E-state index contributed by atoms with van der Waals surface area (Å²) in [6.07, 6.45) is 5.08. The molecule has 0 saturated carbocycles. The van der Waals surface area contributed by atoms with Crippen LogP contribution in [0.25, 0.3) is 16.9 Å². The Morgan fingerprint density at radius 3 is 2.65 bits per heavy atom. The number of carbonyl (C=O) groups excluding carboxylic acids is 1. The molecule has 0 aliphatic rings. The van der Waals surface area contributed by atoms with Gasteiger partial charge in [-0.1, -0.05) is 41.9 Å². The van der Waals surface area contributed by atoms with E-state index in [1.165, 1.54) is 12.1 Å². The van der Waals surface area contributed by atoms with Crippen molar-refractivity contribution in [3.63, 3.8) is 0 Å². The first-order valence-electron chi connectivity index (χ1n) is 10.5. The Labute approximate surface area is 199 Å². The van der Waals surface area contributed by atoms with Gasteiger partial charge in [0.25, 0.3) is 0 Å². The minimum atomic E-state index is -0.726. The number of aromatic nitrogens is 4. The molecule has 5 aromatic rings. The predicted octanol–water partition coefficient (Wildman–Crippen LogP) is 5.73. The average molecular weight is 473 g/mol. The van der Waals surface area contributed by atoms with E-state index in [9.17, 15) is 9.18 Å². The maximum absolute atomic E-state index is 14.7. The van der Waals surface area contributed by atoms with Gasteiger partial charge in [0.2, 0.25) is 0 Å². The summed E-state index contributed by atoms with van der Waals surface area (Å²) in [5.41, 5.74) is 2.84. The molecule has 8 heteroatoms. The summed E-state index contributed by atoms with van der Waals surface area (Å²) in [7, 11) is 0. The summed E-state index contributed by atoms with van der Waals surface area (Å²) in [4.78, 5) is 26.4. The number of nitrogens with zero attached hydrogens (tertiary/aromatic N) is 4. The fraction of sp³-hybridized carbons (Fsp3) is 0.0769. The molecule has 0 fully saturated rings. The van der Waals surface area contributed by atoms with Gasteiger partial charge in [-0.15, -0.1) is 0 Å². The number of carbonyl (C=O) groups is 1. The van der Waals surface area contributed by atoms with E-state index in [4.69, 9.17) is 16.3 Å². The summed E-state index contributed by atoms with van der Waals surface area (Å²) in [6, 6.07) is 16.9. The van der Waals surface area contributed by atoms with Gasteiger partial charge in [-0.3, -0.25) is 14.3 Å². The first-order chi connectivity index (χ1) is 16.5. The highest BCUT2D eigenvalue weighted by molar-refractivity contribution is 6.36. The van der Waals surface area contributed by atoms with Crippen LogP contribution in [0.5, 0.6) is 5.75 Å². The zero-order valence-corrected chi connectivity index (χ0v) is 18.8. The standard InChI is InChI=1S/C26H18ClFN4O2/c1-16-13-32(15-30-16)23-12-29-20-9-7-18(11-21(20)31-23)26(33)24-19(28)8-10-22(25(24)27)34-14-17-5-3-2-4-6-17/h2-13,15H,14H2,1H3. The molecule has 0 aliphatic carbocycles. The number of fused-ring (bicyclic) bond motifs is 1. The summed E-state index contributed by atoms with van der Waals surface area (Å²) in [5, 5.41) is -0.0743. The Morgan fingerprint density at radius 1 is 1.06 bits per heavy atom. The van der Waals surface area contributed by atoms with Crippen LogP contribution in [0.4, 0.5) is 4.39 Å². The van der Waals surface area contributed by atoms with Gasteiger partial charge in [-0.05, 0) is 42.8 Å². The molecule has 0 aliphatic heterocycles. The minimum Gasteiger partial charge on any atom is -0.487 e. The monoisotopic (exact) mass is 472 g/mol. The van der Waals surface area contributed by atoms with Gasteiger partial charge in [-0.25, -0.2) is 14.4 Å². The SMILES string of the molecule is Cc1cn(-c2cnc3ccc(C(=O)c4c(F)ccc(OCc5ccccc5)c4Cl)cc3n2)cn1. The van der Waals surface area contributed by atoms with Crippen LogP contribution in [0, 0.1) is 12.7 Å². The van der Waals surface area contributed by atoms with Gasteiger partial charge in [-0.2, -0.15) is 0 Å². The topological polar surface area (TPSA) is 69.9 Å². The fourth-order valence-electron chi connectivity index (χ4n) is 3.55. The Kier molecular flexibility index (Phi) is 5.77. The first kappa shape index (κ1) is 21.7. The summed E-state index contributed by atoms with van der Waals surface area (Å²) in [6.45, 7) is 2.11. The lowest BCUT2D eigenvalue weighted by molar-refractivity contribution is 0.103. The molecule has 5 rings (SSSR count). The quantitative estimate of drug-likeness (QED) is 0.295. The molecule has 6 nitrogen and oxygen atoms in total. The van der Waals surface area contributed by atoms with Gasteiger partial charge in [0.05, 0.1) is 33.5 Å². The smallest absolute Gasteiger partial charge is 0.197 e. The number of hydrogen-bond donors (Lipinski definition) is 0. The van der Waals surface area contributed by atoms with Crippen molar-refractivity contribution < 1.29 is 13.9 Å². The third-order valence-electron chi connectivity index (χ3n) is 5.29. The van der Waals surface area contributed by atoms with Crippen molar-refractivity contribution >= 4 is 28.4 Å². The van der Waals surface area contributed by atoms with Crippen LogP contribution in [0.2, 0.25) is 5.02 Å². The second kappa shape index (κ2) is 9.03. The Bertz CT molecular complexity index is 1520. The molecule has 0 amide bonds. The molecule has 0 atom stereocenters. The van der Waals surface area contributed by atoms with E-state index in [1.54, 1.807) is 35.3 Å². The summed E-state index contributed by atoms with van der Waals surface area (Å²) in [5.74, 6) is -0.511. The minimum absolute atomic E-state index is 0.0743. The molecular formula is C26H18ClFN4O2. The third-order valence-corrected chi connectivity index (χ3v) is 5.66. The lowest BCUT2D eigenvalue weighted by atomic mass is 10.0. The van der Waals surface area contributed by atoms with Crippen LogP contribution in [-0.4, -0.2) is 25.3 Å². The molecule has 0 N–H and O–H groups in total. The number of imidazole rings is 1. The fourth-order valence-corrected chi connectivity index (χ4v) is 3.84. The molecule has 34 heavy (non-hydrogen) atoms. The lowest BCUT2D eigenvalue weighted by Crippen LogP contribution is -2.07. The van der Waals surface area contributed by atoms with Crippen molar-refractivity contribution in [1.29, 1.82) is 0 Å². The van der Waals surface area contributed by atoms with Crippen LogP contribution >= 0.6 is 11.6 Å². The van der Waals surface area contributed by atoms with E-state index in [2.05, 4.69) is 15.0 Å². The van der Waals surface area contributed by atoms with Gasteiger partial charge in [0.1, 0.15) is 24.5 Å². The normalized spacial score (nSPS) is 11.0. The molecule has 0 radical (unpaired) electrons. The van der Waals surface area contributed by atoms with Crippen LogP contribution in [0.3, 0.4) is 0 Å². The van der Waals surface area contributed by atoms with Crippen molar-refractivity contribution in [2.75, 3.05) is 0 Å². The number of hydrogen-bond acceptors (Lipinski definition) is 5. The summed E-state index contributed by atoms with van der Waals surface area (Å²) >= 11 is 6.43. The zero-order valence-electron chi connectivity index (χ0n) is 18.1. The predicted molar refractivity (Wildman–Crippen MR) is 127 cm³/mol. The molecule has 168 valence electrons. The third kappa shape index (κ3) is 4.25. The average Bonchev–Trinajstić information content (AvgIpc) is 3.29. The van der Waals surface area contributed by atoms with Crippen molar-refractivity contribution in [1.82, 2.24) is 19.5 Å². The van der Waals surface area contributed by atoms with Gasteiger partial charge < -0.3 is 4.74 Å². The second-order valence-electron chi connectivity index (χ2n) is 7.69. The number of aryl methyl sites for hydroxylation is 1. The zero-order chi connectivity index (χ0) is 23.7. The van der Waals surface area contributed by atoms with E-state index < -0.39 is 11.6 Å². The van der Waals surface area contributed by atoms with Crippen LogP contribution in [0.1, 0.15) is 27.2 Å². The Morgan fingerprint density at radius 2 is 1.88 bits per heavy atom. The molecule has 0 saturated heterocycles. The van der Waals surface area contributed by atoms with Crippen molar-refractivity contribution in [3.05, 3.63) is 113 Å². The molecule has 0 spiro atoms. The van der Waals surface area contributed by atoms with Crippen LogP contribution in [0.15, 0.2) is 79.4 Å². The highest BCUT2D eigenvalue weighted by Gasteiger charge is 2.22. The van der Waals surface area contributed by atoms with Gasteiger partial charge in [0.15, 0.2) is 11.6 Å². The van der Waals surface area contributed by atoms with E-state index in [1.807, 2.05) is 43.5 Å². The molecule has 2 aromatic heterocycles. The maximum Gasteiger partial charge on any atom is 0.197 e. The van der Waals surface area contributed by atoms with E-state index in [0.29, 0.717) is 16.9 Å². The lowest BCUT2D eigenvalue weighted by Gasteiger charge is -2.12. The largest absolute Gasteiger partial charge is 0.487 e. The highest BCUT2D eigenvalue weighted by atomic mass is 35.5. The second-order valence-corrected chi connectivity index (χ2v) is 8.07. The molecule has 0 unspecified atom stereocenters. The van der Waals surface area contributed by atoms with Crippen molar-refractivity contribution in [3.8, 4) is 11.6 Å². The molecule has 0 bridgehead atoms. The first-order valence-corrected chi connectivity index (χ1v) is 10.8. The highest BCUT2D eigenvalue weighted by Crippen LogP contribution is 2.33. The Hall–Kier alpha value is -4.10. The van der Waals surface area contributed by atoms with Crippen LogP contribution < -0.4 is 4.74 Å².